The van der Waals surface area contributed by atoms with E-state index in [4.69, 9.17) is 0 Å². The summed E-state index contributed by atoms with van der Waals surface area (Å²) in [7, 11) is 0. The van der Waals surface area contributed by atoms with Crippen molar-refractivity contribution >= 4 is 37.6 Å². The van der Waals surface area contributed by atoms with Crippen LogP contribution in [0.15, 0.2) is 36.4 Å². The second-order valence-electron chi connectivity index (χ2n) is 6.66. The van der Waals surface area contributed by atoms with Crippen LogP contribution in [0.1, 0.15) is 45.2 Å². The molecule has 24 heavy (non-hydrogen) atoms. The van der Waals surface area contributed by atoms with Gasteiger partial charge in [0.05, 0.1) is 11.8 Å². The van der Waals surface area contributed by atoms with Gasteiger partial charge in [-0.25, -0.2) is 0 Å². The van der Waals surface area contributed by atoms with Crippen molar-refractivity contribution in [3.05, 3.63) is 69.8 Å². The summed E-state index contributed by atoms with van der Waals surface area (Å²) in [6, 6.07) is 12.8. The lowest BCUT2D eigenvalue weighted by molar-refractivity contribution is -0.121. The van der Waals surface area contributed by atoms with E-state index in [2.05, 4.69) is 96.0 Å². The topological polar surface area (TPSA) is 17.1 Å². The summed E-state index contributed by atoms with van der Waals surface area (Å²) in [4.78, 5) is 13.3. The highest BCUT2D eigenvalue weighted by molar-refractivity contribution is 9.09. The number of benzene rings is 2. The number of carbonyl (C=O) groups excluding carboxylic acids is 1. The van der Waals surface area contributed by atoms with Gasteiger partial charge in [-0.2, -0.15) is 0 Å². The number of halogens is 2. The Hall–Kier alpha value is -0.930. The Balaban J connectivity index is 2.41. The Kier molecular flexibility index (Phi) is 6.82. The van der Waals surface area contributed by atoms with Crippen molar-refractivity contribution in [2.24, 2.45) is 0 Å². The molecular formula is C21H24Br2O. The van der Waals surface area contributed by atoms with Crippen LogP contribution in [0.2, 0.25) is 0 Å². The van der Waals surface area contributed by atoms with Crippen molar-refractivity contribution in [3.8, 4) is 0 Å². The van der Waals surface area contributed by atoms with Crippen molar-refractivity contribution in [1.82, 2.24) is 0 Å². The van der Waals surface area contributed by atoms with Crippen LogP contribution in [-0.4, -0.2) is 16.4 Å². The van der Waals surface area contributed by atoms with Gasteiger partial charge in [0.15, 0.2) is 0 Å². The van der Waals surface area contributed by atoms with Crippen molar-refractivity contribution < 1.29 is 4.79 Å². The molecule has 0 spiro atoms. The number of ketones is 1. The molecule has 0 aromatic heterocycles. The number of rotatable bonds is 6. The molecule has 0 N–H and O–H groups in total. The molecule has 0 radical (unpaired) electrons. The van der Waals surface area contributed by atoms with Gasteiger partial charge in [-0.3, -0.25) is 4.79 Å². The van der Waals surface area contributed by atoms with Crippen molar-refractivity contribution in [1.29, 1.82) is 0 Å². The van der Waals surface area contributed by atoms with Crippen molar-refractivity contribution in [2.75, 3.05) is 10.7 Å². The molecule has 0 heterocycles. The van der Waals surface area contributed by atoms with Gasteiger partial charge in [0.1, 0.15) is 5.78 Å². The van der Waals surface area contributed by atoms with E-state index in [1.165, 1.54) is 22.3 Å². The average Bonchev–Trinajstić information content (AvgIpc) is 2.46. The minimum absolute atomic E-state index is 0.132. The van der Waals surface area contributed by atoms with E-state index in [1.807, 2.05) is 0 Å². The molecule has 0 aliphatic rings. The molecule has 0 fully saturated rings. The monoisotopic (exact) mass is 450 g/mol. The van der Waals surface area contributed by atoms with E-state index >= 15 is 0 Å². The van der Waals surface area contributed by atoms with Crippen LogP contribution in [0.25, 0.3) is 0 Å². The van der Waals surface area contributed by atoms with Gasteiger partial charge < -0.3 is 0 Å². The summed E-state index contributed by atoms with van der Waals surface area (Å²) in [5, 5.41) is 1.28. The number of hydrogen-bond donors (Lipinski definition) is 0. The average molecular weight is 452 g/mol. The molecule has 3 heteroatoms. The first-order valence-corrected chi connectivity index (χ1v) is 10.4. The SMILES string of the molecule is Cc1cc(C)cc(C(CBr)C(=O)C(CBr)c2cc(C)cc(C)c2)c1. The van der Waals surface area contributed by atoms with Crippen LogP contribution < -0.4 is 0 Å². The van der Waals surface area contributed by atoms with E-state index in [9.17, 15) is 4.79 Å². The quantitative estimate of drug-likeness (QED) is 0.481. The Bertz CT molecular complexity index is 635. The molecule has 0 amide bonds. The Morgan fingerprint density at radius 1 is 0.708 bits per heavy atom. The van der Waals surface area contributed by atoms with Crippen LogP contribution in [0.3, 0.4) is 0 Å². The maximum absolute atomic E-state index is 13.3. The Morgan fingerprint density at radius 3 is 1.25 bits per heavy atom. The predicted molar refractivity (Wildman–Crippen MR) is 110 cm³/mol. The second-order valence-corrected chi connectivity index (χ2v) is 7.95. The van der Waals surface area contributed by atoms with Crippen LogP contribution >= 0.6 is 31.9 Å². The minimum Gasteiger partial charge on any atom is -0.298 e. The number of alkyl halides is 2. The lowest BCUT2D eigenvalue weighted by atomic mass is 9.84. The maximum atomic E-state index is 13.3. The van der Waals surface area contributed by atoms with E-state index in [1.54, 1.807) is 0 Å². The van der Waals surface area contributed by atoms with Gasteiger partial charge in [0, 0.05) is 10.7 Å². The van der Waals surface area contributed by atoms with Gasteiger partial charge in [0.2, 0.25) is 0 Å². The molecule has 0 saturated heterocycles. The van der Waals surface area contributed by atoms with Crippen LogP contribution in [-0.2, 0) is 4.79 Å². The summed E-state index contributed by atoms with van der Waals surface area (Å²) in [6.07, 6.45) is 0. The first-order chi connectivity index (χ1) is 11.3. The van der Waals surface area contributed by atoms with Crippen molar-refractivity contribution in [3.63, 3.8) is 0 Å². The molecule has 2 aromatic rings. The van der Waals surface area contributed by atoms with Gasteiger partial charge in [-0.15, -0.1) is 0 Å². The van der Waals surface area contributed by atoms with Gasteiger partial charge in [0.25, 0.3) is 0 Å². The van der Waals surface area contributed by atoms with Gasteiger partial charge in [-0.05, 0) is 38.8 Å². The molecule has 0 saturated carbocycles. The first kappa shape index (κ1) is 19.4. The summed E-state index contributed by atoms with van der Waals surface area (Å²) in [6.45, 7) is 8.33. The van der Waals surface area contributed by atoms with Crippen LogP contribution in [0.4, 0.5) is 0 Å². The van der Waals surface area contributed by atoms with E-state index in [-0.39, 0.29) is 17.6 Å². The molecule has 1 nitrogen and oxygen atoms in total. The summed E-state index contributed by atoms with van der Waals surface area (Å²) >= 11 is 7.13. The third-order valence-electron chi connectivity index (χ3n) is 4.29. The fourth-order valence-corrected chi connectivity index (χ4v) is 4.71. The van der Waals surface area contributed by atoms with E-state index < -0.39 is 0 Å². The second kappa shape index (κ2) is 8.44. The number of aryl methyl sites for hydroxylation is 4. The Morgan fingerprint density at radius 2 is 1.00 bits per heavy atom. The normalized spacial score (nSPS) is 13.6. The molecule has 0 aliphatic heterocycles. The highest BCUT2D eigenvalue weighted by Gasteiger charge is 2.28. The Labute approximate surface area is 162 Å². The summed E-state index contributed by atoms with van der Waals surface area (Å²) in [5.74, 6) is -0.00214. The highest BCUT2D eigenvalue weighted by atomic mass is 79.9. The standard InChI is InChI=1S/C21H24Br2O/c1-13-5-14(2)8-17(7-13)19(11-22)21(24)20(12-23)18-9-15(3)6-16(4)10-18/h5-10,19-20H,11-12H2,1-4H3. The fraction of sp³-hybridized carbons (Fsp3) is 0.381. The molecule has 2 unspecified atom stereocenters. The zero-order valence-corrected chi connectivity index (χ0v) is 17.9. The van der Waals surface area contributed by atoms with Crippen molar-refractivity contribution in [2.45, 2.75) is 39.5 Å². The number of hydrogen-bond acceptors (Lipinski definition) is 1. The molecule has 2 atom stereocenters. The fourth-order valence-electron chi connectivity index (χ4n) is 3.32. The lowest BCUT2D eigenvalue weighted by Gasteiger charge is -2.22. The zero-order valence-electron chi connectivity index (χ0n) is 14.7. The largest absolute Gasteiger partial charge is 0.298 e. The van der Waals surface area contributed by atoms with Crippen LogP contribution in [0, 0.1) is 27.7 Å². The molecule has 0 bridgehead atoms. The number of carbonyl (C=O) groups is 1. The third-order valence-corrected chi connectivity index (χ3v) is 5.58. The van der Waals surface area contributed by atoms with Crippen LogP contribution in [0.5, 0.6) is 0 Å². The van der Waals surface area contributed by atoms with Gasteiger partial charge >= 0.3 is 0 Å². The maximum Gasteiger partial charge on any atom is 0.149 e. The zero-order chi connectivity index (χ0) is 17.9. The molecule has 128 valence electrons. The summed E-state index contributed by atoms with van der Waals surface area (Å²) in [5.41, 5.74) is 7.00. The molecule has 0 aliphatic carbocycles. The minimum atomic E-state index is -0.132. The summed E-state index contributed by atoms with van der Waals surface area (Å²) < 4.78 is 0. The predicted octanol–water partition coefficient (Wildman–Crippen LogP) is 6.15. The smallest absolute Gasteiger partial charge is 0.149 e. The highest BCUT2D eigenvalue weighted by Crippen LogP contribution is 2.31. The van der Waals surface area contributed by atoms with E-state index in [0.29, 0.717) is 10.7 Å². The lowest BCUT2D eigenvalue weighted by Crippen LogP contribution is -2.23. The number of Topliss-reactive ketones (excluding diaryl/α,β-unsaturated/α-hetero) is 1. The molecular weight excluding hydrogens is 428 g/mol. The molecule has 2 rings (SSSR count). The third kappa shape index (κ3) is 4.58. The first-order valence-electron chi connectivity index (χ1n) is 8.17. The van der Waals surface area contributed by atoms with Gasteiger partial charge in [-0.1, -0.05) is 90.5 Å². The van der Waals surface area contributed by atoms with E-state index in [0.717, 1.165) is 11.1 Å². The molecule has 2 aromatic carbocycles.